The van der Waals surface area contributed by atoms with Crippen molar-refractivity contribution < 1.29 is 4.79 Å². The summed E-state index contributed by atoms with van der Waals surface area (Å²) in [5.41, 5.74) is 0.549. The monoisotopic (exact) mass is 388 g/mol. The maximum absolute atomic E-state index is 12.7. The number of pyridine rings is 1. The van der Waals surface area contributed by atoms with Gasteiger partial charge in [-0.1, -0.05) is 0 Å². The van der Waals surface area contributed by atoms with Crippen molar-refractivity contribution in [3.8, 4) is 0 Å². The van der Waals surface area contributed by atoms with Crippen molar-refractivity contribution in [2.75, 3.05) is 49.1 Å². The van der Waals surface area contributed by atoms with Crippen molar-refractivity contribution in [2.45, 2.75) is 18.9 Å². The van der Waals surface area contributed by atoms with Gasteiger partial charge in [0, 0.05) is 60.0 Å². The topological polar surface area (TPSA) is 48.5 Å². The Kier molecular flexibility index (Phi) is 4.54. The van der Waals surface area contributed by atoms with Crippen molar-refractivity contribution in [2.24, 2.45) is 5.92 Å². The Morgan fingerprint density at radius 1 is 1.19 bits per heavy atom. The van der Waals surface area contributed by atoms with Crippen molar-refractivity contribution in [3.63, 3.8) is 0 Å². The second-order valence-electron chi connectivity index (χ2n) is 7.61. The first-order valence-corrected chi connectivity index (χ1v) is 11.5. The number of aromatic nitrogens is 1. The molecule has 0 aromatic carbocycles. The van der Waals surface area contributed by atoms with E-state index < -0.39 is 0 Å². The Balaban J connectivity index is 1.31. The van der Waals surface area contributed by atoms with E-state index in [0.29, 0.717) is 5.69 Å². The van der Waals surface area contributed by atoms with Crippen LogP contribution < -0.4 is 10.2 Å². The molecule has 1 N–H and O–H groups in total. The highest BCUT2D eigenvalue weighted by molar-refractivity contribution is 7.99. The van der Waals surface area contributed by atoms with Crippen LogP contribution in [0.5, 0.6) is 0 Å². The van der Waals surface area contributed by atoms with E-state index in [1.807, 2.05) is 24.0 Å². The number of anilines is 1. The first kappa shape index (κ1) is 16.8. The molecule has 2 bridgehead atoms. The molecule has 0 radical (unpaired) electrons. The van der Waals surface area contributed by atoms with Gasteiger partial charge in [0.05, 0.1) is 5.00 Å². The number of hydrogen-bond donors (Lipinski definition) is 1. The lowest BCUT2D eigenvalue weighted by atomic mass is 9.97. The zero-order valence-corrected chi connectivity index (χ0v) is 16.5. The van der Waals surface area contributed by atoms with Crippen molar-refractivity contribution >= 4 is 44.1 Å². The number of nitrogens with one attached hydrogen (secondary N) is 1. The smallest absolute Gasteiger partial charge is 0.270 e. The molecule has 0 saturated carbocycles. The highest BCUT2D eigenvalue weighted by atomic mass is 32.2. The van der Waals surface area contributed by atoms with Crippen LogP contribution in [0, 0.1) is 5.92 Å². The summed E-state index contributed by atoms with van der Waals surface area (Å²) in [4.78, 5) is 22.1. The van der Waals surface area contributed by atoms with Crippen molar-refractivity contribution in [1.29, 1.82) is 0 Å². The van der Waals surface area contributed by atoms with Gasteiger partial charge in [0.15, 0.2) is 0 Å². The molecule has 3 saturated heterocycles. The van der Waals surface area contributed by atoms with Gasteiger partial charge in [-0.25, -0.2) is 0 Å². The van der Waals surface area contributed by atoms with Crippen LogP contribution in [0.1, 0.15) is 23.3 Å². The van der Waals surface area contributed by atoms with Gasteiger partial charge in [-0.3, -0.25) is 9.78 Å². The van der Waals surface area contributed by atoms with Gasteiger partial charge in [0.2, 0.25) is 0 Å². The summed E-state index contributed by atoms with van der Waals surface area (Å²) in [6.07, 6.45) is 4.25. The molecule has 2 aromatic heterocycles. The Hall–Kier alpha value is -1.31. The number of thioether (sulfide) groups is 1. The number of thiophene rings is 1. The molecule has 3 fully saturated rings. The standard InChI is InChI=1S/C19H24N4OS2/c24-19(21-15-7-13-1-2-22(11-13)12-15)16-9-17-14(10-20-16)8-18(26-17)23-3-5-25-6-4-23/h8-10,13,15H,1-7,11-12H2,(H,21,24). The van der Waals surface area contributed by atoms with Gasteiger partial charge >= 0.3 is 0 Å². The highest BCUT2D eigenvalue weighted by Crippen LogP contribution is 2.34. The van der Waals surface area contributed by atoms with Crippen LogP contribution in [0.4, 0.5) is 5.00 Å². The zero-order valence-electron chi connectivity index (χ0n) is 14.8. The number of piperidine rings is 1. The number of carbonyl (C=O) groups excluding carboxylic acids is 1. The SMILES string of the molecule is O=C(NC1CC2CCN(C2)C1)c1cc2sc(N3CCSCC3)cc2cn1. The molecule has 138 valence electrons. The summed E-state index contributed by atoms with van der Waals surface area (Å²) < 4.78 is 1.16. The average molecular weight is 389 g/mol. The molecule has 5 rings (SSSR count). The Bertz CT molecular complexity index is 805. The predicted octanol–water partition coefficient (Wildman–Crippen LogP) is 2.67. The molecule has 5 nitrogen and oxygen atoms in total. The first-order chi connectivity index (χ1) is 12.7. The minimum Gasteiger partial charge on any atom is -0.362 e. The molecule has 0 aliphatic carbocycles. The molecule has 7 heteroatoms. The van der Waals surface area contributed by atoms with E-state index in [-0.39, 0.29) is 11.9 Å². The number of nitrogens with zero attached hydrogens (tertiary/aromatic N) is 3. The number of hydrogen-bond acceptors (Lipinski definition) is 6. The van der Waals surface area contributed by atoms with Crippen LogP contribution in [0.2, 0.25) is 0 Å². The van der Waals surface area contributed by atoms with E-state index in [2.05, 4.69) is 26.2 Å². The number of fused-ring (bicyclic) bond motifs is 3. The molecule has 3 atom stereocenters. The van der Waals surface area contributed by atoms with Gasteiger partial charge < -0.3 is 15.1 Å². The largest absolute Gasteiger partial charge is 0.362 e. The molecule has 3 unspecified atom stereocenters. The third-order valence-corrected chi connectivity index (χ3v) is 7.85. The van der Waals surface area contributed by atoms with Crippen LogP contribution >= 0.6 is 23.1 Å². The first-order valence-electron chi connectivity index (χ1n) is 9.50. The van der Waals surface area contributed by atoms with E-state index in [4.69, 9.17) is 0 Å². The average Bonchev–Trinajstić information content (AvgIpc) is 3.24. The summed E-state index contributed by atoms with van der Waals surface area (Å²) >= 11 is 3.80. The van der Waals surface area contributed by atoms with Crippen LogP contribution in [0.25, 0.3) is 10.1 Å². The van der Waals surface area contributed by atoms with Gasteiger partial charge in [-0.2, -0.15) is 11.8 Å². The van der Waals surface area contributed by atoms with Gasteiger partial charge in [-0.15, -0.1) is 11.3 Å². The van der Waals surface area contributed by atoms with Gasteiger partial charge in [-0.05, 0) is 37.4 Å². The Labute approximate surface area is 162 Å². The third kappa shape index (κ3) is 3.32. The Morgan fingerprint density at radius 3 is 2.92 bits per heavy atom. The maximum Gasteiger partial charge on any atom is 0.270 e. The molecule has 2 aromatic rings. The summed E-state index contributed by atoms with van der Waals surface area (Å²) in [6, 6.07) is 4.46. The molecular weight excluding hydrogens is 364 g/mol. The summed E-state index contributed by atoms with van der Waals surface area (Å²) in [7, 11) is 0. The molecule has 26 heavy (non-hydrogen) atoms. The van der Waals surface area contributed by atoms with Crippen molar-refractivity contribution in [1.82, 2.24) is 15.2 Å². The lowest BCUT2D eigenvalue weighted by Crippen LogP contribution is -2.47. The maximum atomic E-state index is 12.7. The molecule has 0 spiro atoms. The zero-order chi connectivity index (χ0) is 17.5. The molecule has 3 aliphatic rings. The normalized spacial score (nSPS) is 28.5. The van der Waals surface area contributed by atoms with Gasteiger partial charge in [0.25, 0.3) is 5.91 Å². The minimum absolute atomic E-state index is 0.0243. The number of amides is 1. The van der Waals surface area contributed by atoms with E-state index >= 15 is 0 Å². The molecule has 3 aliphatic heterocycles. The Morgan fingerprint density at radius 2 is 2.08 bits per heavy atom. The molecule has 5 heterocycles. The fourth-order valence-electron chi connectivity index (χ4n) is 4.41. The summed E-state index contributed by atoms with van der Waals surface area (Å²) in [6.45, 7) is 5.60. The van der Waals surface area contributed by atoms with E-state index in [9.17, 15) is 4.79 Å². The van der Waals surface area contributed by atoms with E-state index in [1.54, 1.807) is 11.3 Å². The van der Waals surface area contributed by atoms with Crippen LogP contribution in [-0.2, 0) is 0 Å². The fourth-order valence-corrected chi connectivity index (χ4v) is 6.43. The van der Waals surface area contributed by atoms with Crippen LogP contribution in [0.3, 0.4) is 0 Å². The summed E-state index contributed by atoms with van der Waals surface area (Å²) in [5.74, 6) is 3.12. The lowest BCUT2D eigenvalue weighted by molar-refractivity contribution is 0.0904. The summed E-state index contributed by atoms with van der Waals surface area (Å²) in [5, 5.41) is 5.66. The predicted molar refractivity (Wildman–Crippen MR) is 110 cm³/mol. The quantitative estimate of drug-likeness (QED) is 0.876. The van der Waals surface area contributed by atoms with E-state index in [0.717, 1.165) is 42.1 Å². The second-order valence-corrected chi connectivity index (χ2v) is 9.90. The minimum atomic E-state index is -0.0243. The number of rotatable bonds is 3. The molecule has 1 amide bonds. The fraction of sp³-hybridized carbons (Fsp3) is 0.579. The lowest BCUT2D eigenvalue weighted by Gasteiger charge is -2.30. The van der Waals surface area contributed by atoms with Crippen LogP contribution in [-0.4, -0.2) is 66.1 Å². The van der Waals surface area contributed by atoms with Gasteiger partial charge in [0.1, 0.15) is 5.69 Å². The van der Waals surface area contributed by atoms with Crippen molar-refractivity contribution in [3.05, 3.63) is 24.0 Å². The second kappa shape index (κ2) is 7.02. The van der Waals surface area contributed by atoms with E-state index in [1.165, 1.54) is 36.0 Å². The molecular formula is C19H24N4OS2. The van der Waals surface area contributed by atoms with Crippen LogP contribution in [0.15, 0.2) is 18.3 Å². The highest BCUT2D eigenvalue weighted by Gasteiger charge is 2.33. The third-order valence-electron chi connectivity index (χ3n) is 5.75. The number of carbonyl (C=O) groups is 1.